The lowest BCUT2D eigenvalue weighted by Gasteiger charge is -2.38. The van der Waals surface area contributed by atoms with Crippen LogP contribution in [0.2, 0.25) is 0 Å². The topological polar surface area (TPSA) is 26.0 Å². The summed E-state index contributed by atoms with van der Waals surface area (Å²) in [5.74, 6) is 0. The fourth-order valence-corrected chi connectivity index (χ4v) is 1.66. The van der Waals surface area contributed by atoms with Crippen molar-refractivity contribution in [1.82, 2.24) is 0 Å². The van der Waals surface area contributed by atoms with Gasteiger partial charge >= 0.3 is 0 Å². The minimum Gasteiger partial charge on any atom is -0.327 e. The largest absolute Gasteiger partial charge is 0.327 e. The Morgan fingerprint density at radius 3 is 2.45 bits per heavy atom. The van der Waals surface area contributed by atoms with Crippen LogP contribution in [0, 0.1) is 5.41 Å². The maximum Gasteiger partial charge on any atom is 0.245 e. The highest BCUT2D eigenvalue weighted by molar-refractivity contribution is 4.90. The molecule has 2 N–H and O–H groups in total. The monoisotopic (exact) mass is 163 g/mol. The van der Waals surface area contributed by atoms with Crippen LogP contribution in [-0.4, -0.2) is 12.5 Å². The summed E-state index contributed by atoms with van der Waals surface area (Å²) in [7, 11) is 0. The van der Waals surface area contributed by atoms with E-state index >= 15 is 0 Å². The number of hydrogen-bond acceptors (Lipinski definition) is 1. The maximum atomic E-state index is 12.5. The Balaban J connectivity index is 2.64. The van der Waals surface area contributed by atoms with Gasteiger partial charge in [0.2, 0.25) is 6.43 Å². The summed E-state index contributed by atoms with van der Waals surface area (Å²) in [6.45, 7) is 1.60. The molecule has 0 aromatic heterocycles. The molecule has 1 nitrogen and oxygen atoms in total. The third kappa shape index (κ3) is 1.53. The molecule has 2 unspecified atom stereocenters. The fraction of sp³-hybridized carbons (Fsp3) is 1.00. The van der Waals surface area contributed by atoms with Crippen molar-refractivity contribution in [3.05, 3.63) is 0 Å². The average molecular weight is 163 g/mol. The minimum atomic E-state index is -2.27. The van der Waals surface area contributed by atoms with Crippen molar-refractivity contribution in [2.75, 3.05) is 0 Å². The zero-order valence-corrected chi connectivity index (χ0v) is 6.82. The predicted octanol–water partition coefficient (Wildman–Crippen LogP) is 2.16. The SMILES string of the molecule is CC1(C(F)F)CCCCC1N. The first-order valence-electron chi connectivity index (χ1n) is 4.11. The Morgan fingerprint density at radius 1 is 1.45 bits per heavy atom. The van der Waals surface area contributed by atoms with Crippen molar-refractivity contribution in [3.8, 4) is 0 Å². The molecule has 0 spiro atoms. The van der Waals surface area contributed by atoms with Gasteiger partial charge in [0.05, 0.1) is 0 Å². The van der Waals surface area contributed by atoms with Gasteiger partial charge in [-0.25, -0.2) is 8.78 Å². The van der Waals surface area contributed by atoms with Crippen molar-refractivity contribution in [2.45, 2.75) is 45.1 Å². The lowest BCUT2D eigenvalue weighted by molar-refractivity contribution is -0.0308. The molecule has 0 aromatic carbocycles. The van der Waals surface area contributed by atoms with E-state index in [2.05, 4.69) is 0 Å². The van der Waals surface area contributed by atoms with Gasteiger partial charge in [0.15, 0.2) is 0 Å². The molecule has 3 heteroatoms. The number of nitrogens with two attached hydrogens (primary N) is 1. The second-order valence-electron chi connectivity index (χ2n) is 3.66. The standard InChI is InChI=1S/C8H15F2N/c1-8(7(9)10)5-3-2-4-6(8)11/h6-7H,2-5,11H2,1H3. The second kappa shape index (κ2) is 3.05. The molecule has 1 aliphatic carbocycles. The van der Waals surface area contributed by atoms with Crippen LogP contribution in [0.4, 0.5) is 8.78 Å². The van der Waals surface area contributed by atoms with Crippen molar-refractivity contribution in [1.29, 1.82) is 0 Å². The van der Waals surface area contributed by atoms with Crippen LogP contribution in [0.5, 0.6) is 0 Å². The third-order valence-corrected chi connectivity index (χ3v) is 2.83. The molecule has 0 saturated heterocycles. The van der Waals surface area contributed by atoms with E-state index in [4.69, 9.17) is 5.73 Å². The van der Waals surface area contributed by atoms with Gasteiger partial charge in [-0.05, 0) is 12.8 Å². The van der Waals surface area contributed by atoms with Crippen LogP contribution in [-0.2, 0) is 0 Å². The number of rotatable bonds is 1. The van der Waals surface area contributed by atoms with E-state index in [-0.39, 0.29) is 6.04 Å². The number of hydrogen-bond donors (Lipinski definition) is 1. The van der Waals surface area contributed by atoms with Gasteiger partial charge in [-0.1, -0.05) is 19.8 Å². The summed E-state index contributed by atoms with van der Waals surface area (Å²) in [5, 5.41) is 0. The van der Waals surface area contributed by atoms with E-state index in [1.54, 1.807) is 6.92 Å². The molecule has 1 rings (SSSR count). The summed E-state index contributed by atoms with van der Waals surface area (Å²) < 4.78 is 25.0. The highest BCUT2D eigenvalue weighted by Gasteiger charge is 2.41. The van der Waals surface area contributed by atoms with E-state index < -0.39 is 11.8 Å². The summed E-state index contributed by atoms with van der Waals surface area (Å²) in [5.41, 5.74) is 4.72. The van der Waals surface area contributed by atoms with Crippen LogP contribution < -0.4 is 5.73 Å². The van der Waals surface area contributed by atoms with E-state index in [1.165, 1.54) is 0 Å². The first kappa shape index (κ1) is 8.91. The fourth-order valence-electron chi connectivity index (χ4n) is 1.66. The van der Waals surface area contributed by atoms with Crippen molar-refractivity contribution in [2.24, 2.45) is 11.1 Å². The van der Waals surface area contributed by atoms with E-state index in [0.29, 0.717) is 6.42 Å². The molecule has 1 fully saturated rings. The molecule has 0 radical (unpaired) electrons. The Labute approximate surface area is 66.0 Å². The van der Waals surface area contributed by atoms with Gasteiger partial charge in [0.25, 0.3) is 0 Å². The van der Waals surface area contributed by atoms with Gasteiger partial charge in [0, 0.05) is 11.5 Å². The van der Waals surface area contributed by atoms with Crippen LogP contribution in [0.1, 0.15) is 32.6 Å². The summed E-state index contributed by atoms with van der Waals surface area (Å²) >= 11 is 0. The minimum absolute atomic E-state index is 0.309. The second-order valence-corrected chi connectivity index (χ2v) is 3.66. The highest BCUT2D eigenvalue weighted by Crippen LogP contribution is 2.39. The molecular weight excluding hydrogens is 148 g/mol. The van der Waals surface area contributed by atoms with E-state index in [0.717, 1.165) is 19.3 Å². The summed E-state index contributed by atoms with van der Waals surface area (Å²) in [4.78, 5) is 0. The molecule has 0 aromatic rings. The van der Waals surface area contributed by atoms with Crippen molar-refractivity contribution < 1.29 is 8.78 Å². The molecule has 0 amide bonds. The predicted molar refractivity (Wildman–Crippen MR) is 40.6 cm³/mol. The van der Waals surface area contributed by atoms with Gasteiger partial charge in [-0.15, -0.1) is 0 Å². The van der Waals surface area contributed by atoms with Crippen molar-refractivity contribution >= 4 is 0 Å². The molecule has 1 saturated carbocycles. The van der Waals surface area contributed by atoms with Crippen molar-refractivity contribution in [3.63, 3.8) is 0 Å². The summed E-state index contributed by atoms with van der Waals surface area (Å²) in [6.07, 6.45) is 0.961. The van der Waals surface area contributed by atoms with Gasteiger partial charge in [0.1, 0.15) is 0 Å². The zero-order chi connectivity index (χ0) is 8.48. The molecule has 0 heterocycles. The first-order valence-corrected chi connectivity index (χ1v) is 4.11. The molecular formula is C8H15F2N. The Bertz CT molecular complexity index is 138. The van der Waals surface area contributed by atoms with Gasteiger partial charge in [-0.2, -0.15) is 0 Å². The quantitative estimate of drug-likeness (QED) is 0.629. The number of alkyl halides is 2. The molecule has 66 valence electrons. The lowest BCUT2D eigenvalue weighted by atomic mass is 9.72. The third-order valence-electron chi connectivity index (χ3n) is 2.83. The van der Waals surface area contributed by atoms with Crippen LogP contribution in [0.25, 0.3) is 0 Å². The van der Waals surface area contributed by atoms with Crippen LogP contribution in [0.3, 0.4) is 0 Å². The van der Waals surface area contributed by atoms with Gasteiger partial charge < -0.3 is 5.73 Å². The Morgan fingerprint density at radius 2 is 2.09 bits per heavy atom. The molecule has 1 aliphatic rings. The molecule has 2 atom stereocenters. The van der Waals surface area contributed by atoms with E-state index in [9.17, 15) is 8.78 Å². The van der Waals surface area contributed by atoms with E-state index in [1.807, 2.05) is 0 Å². The zero-order valence-electron chi connectivity index (χ0n) is 6.82. The van der Waals surface area contributed by atoms with Crippen LogP contribution >= 0.6 is 0 Å². The normalized spacial score (nSPS) is 39.5. The summed E-state index contributed by atoms with van der Waals surface area (Å²) in [6, 6.07) is -0.309. The van der Waals surface area contributed by atoms with Gasteiger partial charge in [-0.3, -0.25) is 0 Å². The molecule has 0 bridgehead atoms. The van der Waals surface area contributed by atoms with Crippen LogP contribution in [0.15, 0.2) is 0 Å². The smallest absolute Gasteiger partial charge is 0.245 e. The Hall–Kier alpha value is -0.180. The maximum absolute atomic E-state index is 12.5. The molecule has 11 heavy (non-hydrogen) atoms. The number of halogens is 2. The molecule has 0 aliphatic heterocycles. The highest BCUT2D eigenvalue weighted by atomic mass is 19.3. The average Bonchev–Trinajstić information content (AvgIpc) is 1.95. The lowest BCUT2D eigenvalue weighted by Crippen LogP contribution is -2.46. The Kier molecular flexibility index (Phi) is 2.47. The first-order chi connectivity index (χ1) is 5.07.